The van der Waals surface area contributed by atoms with E-state index in [2.05, 4.69) is 121 Å². The summed E-state index contributed by atoms with van der Waals surface area (Å²) in [4.78, 5) is 0. The van der Waals surface area contributed by atoms with Crippen LogP contribution in [-0.4, -0.2) is 22.8 Å². The van der Waals surface area contributed by atoms with E-state index in [1.54, 1.807) is 14.2 Å². The molecule has 4 aliphatic carbocycles. The zero-order valence-electron chi connectivity index (χ0n) is 25.9. The standard InChI is InChI=1S/C42H30Cl2O2Si/c1-45-47(46-2,41-25-21-33-27(11-5-9-17-37(33)41)31-19-23-39(43)35-15-7-3-13-29(31)35)42-26-22-34-28(12-6-10-18-38(34)42)32-20-24-40(44)36-16-8-4-14-30(32)36/h3-26H,1-2H3. The van der Waals surface area contributed by atoms with Gasteiger partial charge in [0.05, 0.1) is 0 Å². The third kappa shape index (κ3) is 4.69. The second-order valence-corrected chi connectivity index (χ2v) is 15.7. The number of halogens is 2. The molecule has 0 saturated heterocycles. The maximum absolute atomic E-state index is 6.63. The summed E-state index contributed by atoms with van der Waals surface area (Å²) in [7, 11) is 0.349. The van der Waals surface area contributed by atoms with E-state index < -0.39 is 8.56 Å². The van der Waals surface area contributed by atoms with Crippen molar-refractivity contribution in [1.82, 2.24) is 0 Å². The Balaban J connectivity index is 1.30. The first kappa shape index (κ1) is 29.9. The second kappa shape index (κ2) is 12.0. The van der Waals surface area contributed by atoms with Crippen molar-refractivity contribution in [2.24, 2.45) is 0 Å². The molecule has 0 bridgehead atoms. The predicted octanol–water partition coefficient (Wildman–Crippen LogP) is 10.7. The lowest BCUT2D eigenvalue weighted by Crippen LogP contribution is -2.62. The van der Waals surface area contributed by atoms with E-state index in [1.165, 1.54) is 0 Å². The molecule has 0 radical (unpaired) electrons. The average Bonchev–Trinajstić information content (AvgIpc) is 3.59. The van der Waals surface area contributed by atoms with Crippen LogP contribution in [0.1, 0.15) is 0 Å². The number of hydrogen-bond donors (Lipinski definition) is 0. The Morgan fingerprint density at radius 2 is 0.660 bits per heavy atom. The topological polar surface area (TPSA) is 18.5 Å². The van der Waals surface area contributed by atoms with Gasteiger partial charge in [-0.2, -0.15) is 0 Å². The molecule has 228 valence electrons. The lowest BCUT2D eigenvalue weighted by molar-refractivity contribution is 0.273. The number of hydrogen-bond acceptors (Lipinski definition) is 2. The van der Waals surface area contributed by atoms with Gasteiger partial charge in [0.25, 0.3) is 0 Å². The van der Waals surface area contributed by atoms with Crippen molar-refractivity contribution >= 4 is 63.7 Å². The Labute approximate surface area is 285 Å². The molecule has 0 aromatic heterocycles. The molecule has 47 heavy (non-hydrogen) atoms. The minimum absolute atomic E-state index is 0.747. The van der Waals surface area contributed by atoms with Crippen LogP contribution in [0.3, 0.4) is 0 Å². The Hall–Kier alpha value is -4.48. The lowest BCUT2D eigenvalue weighted by atomic mass is 9.95. The van der Waals surface area contributed by atoms with Gasteiger partial charge >= 0.3 is 8.56 Å². The van der Waals surface area contributed by atoms with Crippen LogP contribution in [0.2, 0.25) is 10.0 Å². The molecule has 5 heteroatoms. The fourth-order valence-corrected chi connectivity index (χ4v) is 10.8. The molecule has 4 aromatic rings. The molecule has 0 unspecified atom stereocenters. The summed E-state index contributed by atoms with van der Waals surface area (Å²) >= 11 is 13.3. The van der Waals surface area contributed by atoms with E-state index in [9.17, 15) is 0 Å². The van der Waals surface area contributed by atoms with Gasteiger partial charge in [0, 0.05) is 45.4 Å². The number of fused-ring (bicyclic) bond motifs is 4. The van der Waals surface area contributed by atoms with E-state index >= 15 is 0 Å². The smallest absolute Gasteiger partial charge is 0.391 e. The molecular weight excluding hydrogens is 635 g/mol. The third-order valence-corrected chi connectivity index (χ3v) is 13.6. The molecular formula is C42H30Cl2O2Si. The second-order valence-electron chi connectivity index (χ2n) is 11.7. The van der Waals surface area contributed by atoms with Gasteiger partial charge in [0.2, 0.25) is 0 Å². The lowest BCUT2D eigenvalue weighted by Gasteiger charge is -2.29. The average molecular weight is 666 g/mol. The molecule has 8 rings (SSSR count). The molecule has 0 aliphatic heterocycles. The molecule has 4 aliphatic rings. The molecule has 0 N–H and O–H groups in total. The van der Waals surface area contributed by atoms with Gasteiger partial charge in [0.1, 0.15) is 0 Å². The first-order valence-electron chi connectivity index (χ1n) is 15.6. The SMILES string of the molecule is CO[Si](OC)(c1ccc2c(-c3ccc(Cl)c4ccccc34)ccccc1-2)c1ccc2c(-c3ccc(Cl)c4ccccc34)ccccc1-2. The molecule has 0 fully saturated rings. The van der Waals surface area contributed by atoms with Crippen LogP contribution in [0.4, 0.5) is 0 Å². The zero-order chi connectivity index (χ0) is 32.1. The van der Waals surface area contributed by atoms with Crippen LogP contribution in [0.25, 0.3) is 66.1 Å². The van der Waals surface area contributed by atoms with Crippen molar-refractivity contribution in [2.45, 2.75) is 0 Å². The minimum Gasteiger partial charge on any atom is -0.391 e. The van der Waals surface area contributed by atoms with E-state index in [-0.39, 0.29) is 0 Å². The van der Waals surface area contributed by atoms with Crippen molar-refractivity contribution in [1.29, 1.82) is 0 Å². The number of rotatable bonds is 6. The molecule has 4 aromatic carbocycles. The largest absolute Gasteiger partial charge is 0.407 e. The minimum atomic E-state index is -3.21. The van der Waals surface area contributed by atoms with Gasteiger partial charge < -0.3 is 8.85 Å². The molecule has 0 spiro atoms. The van der Waals surface area contributed by atoms with Crippen molar-refractivity contribution in [3.05, 3.63) is 156 Å². The van der Waals surface area contributed by atoms with Gasteiger partial charge in [-0.05, 0) is 67.4 Å². The van der Waals surface area contributed by atoms with Crippen LogP contribution in [0.15, 0.2) is 146 Å². The molecule has 0 amide bonds. The first-order valence-corrected chi connectivity index (χ1v) is 18.1. The summed E-state index contributed by atoms with van der Waals surface area (Å²) in [5.41, 5.74) is 9.03. The number of benzene rings is 4. The van der Waals surface area contributed by atoms with Crippen LogP contribution in [0, 0.1) is 0 Å². The van der Waals surface area contributed by atoms with Crippen molar-refractivity contribution in [2.75, 3.05) is 14.2 Å². The van der Waals surface area contributed by atoms with Gasteiger partial charge in [-0.25, -0.2) is 0 Å². The summed E-state index contributed by atoms with van der Waals surface area (Å²) in [5.74, 6) is 0. The van der Waals surface area contributed by atoms with Gasteiger partial charge in [0.15, 0.2) is 0 Å². The van der Waals surface area contributed by atoms with E-state index in [1.807, 2.05) is 24.3 Å². The Morgan fingerprint density at radius 1 is 0.340 bits per heavy atom. The predicted molar refractivity (Wildman–Crippen MR) is 201 cm³/mol. The van der Waals surface area contributed by atoms with E-state index in [0.29, 0.717) is 0 Å². The van der Waals surface area contributed by atoms with Crippen LogP contribution < -0.4 is 10.4 Å². The summed E-state index contributed by atoms with van der Waals surface area (Å²) in [6.07, 6.45) is 0. The summed E-state index contributed by atoms with van der Waals surface area (Å²) in [6, 6.07) is 50.8. The van der Waals surface area contributed by atoms with Crippen LogP contribution in [0.5, 0.6) is 0 Å². The maximum atomic E-state index is 6.63. The fourth-order valence-electron chi connectivity index (χ4n) is 7.30. The van der Waals surface area contributed by atoms with Gasteiger partial charge in [-0.15, -0.1) is 0 Å². The van der Waals surface area contributed by atoms with Crippen LogP contribution in [-0.2, 0) is 8.85 Å². The molecule has 0 heterocycles. The van der Waals surface area contributed by atoms with Crippen molar-refractivity contribution in [3.8, 4) is 44.5 Å². The summed E-state index contributed by atoms with van der Waals surface area (Å²) < 4.78 is 13.2. The Bertz CT molecular complexity index is 2220. The maximum Gasteiger partial charge on any atom is 0.407 e. The molecule has 0 atom stereocenters. The highest BCUT2D eigenvalue weighted by Crippen LogP contribution is 2.41. The summed E-state index contributed by atoms with van der Waals surface area (Å²) in [5, 5.41) is 7.96. The zero-order valence-corrected chi connectivity index (χ0v) is 28.4. The third-order valence-electron chi connectivity index (χ3n) is 9.45. The van der Waals surface area contributed by atoms with E-state index in [0.717, 1.165) is 86.5 Å². The van der Waals surface area contributed by atoms with Gasteiger partial charge in [-0.3, -0.25) is 0 Å². The monoisotopic (exact) mass is 664 g/mol. The molecule has 0 saturated carbocycles. The normalized spacial score (nSPS) is 12.0. The van der Waals surface area contributed by atoms with Crippen molar-refractivity contribution < 1.29 is 8.85 Å². The Morgan fingerprint density at radius 3 is 1.06 bits per heavy atom. The first-order chi connectivity index (χ1) is 23.1. The van der Waals surface area contributed by atoms with Gasteiger partial charge in [-0.1, -0.05) is 157 Å². The highest BCUT2D eigenvalue weighted by molar-refractivity contribution is 6.94. The molecule has 2 nitrogen and oxygen atoms in total. The highest BCUT2D eigenvalue weighted by Gasteiger charge is 2.46. The van der Waals surface area contributed by atoms with Crippen molar-refractivity contribution in [3.63, 3.8) is 0 Å². The quantitative estimate of drug-likeness (QED) is 0.165. The van der Waals surface area contributed by atoms with Crippen LogP contribution >= 0.6 is 23.2 Å². The fraction of sp³-hybridized carbons (Fsp3) is 0.0476. The highest BCUT2D eigenvalue weighted by atomic mass is 35.5. The Kier molecular flexibility index (Phi) is 7.60. The van der Waals surface area contributed by atoms with E-state index in [4.69, 9.17) is 32.1 Å². The summed E-state index contributed by atoms with van der Waals surface area (Å²) in [6.45, 7) is 0.